The highest BCUT2D eigenvalue weighted by Crippen LogP contribution is 2.23. The monoisotopic (exact) mass is 319 g/mol. The number of amides is 1. The van der Waals surface area contributed by atoms with Gasteiger partial charge in [-0.15, -0.1) is 0 Å². The maximum absolute atomic E-state index is 12.7. The Morgan fingerprint density at radius 2 is 2.09 bits per heavy atom. The maximum atomic E-state index is 12.7. The fraction of sp³-hybridized carbons (Fsp3) is 0.632. The van der Waals surface area contributed by atoms with Crippen molar-refractivity contribution in [2.24, 2.45) is 5.92 Å². The third-order valence-electron chi connectivity index (χ3n) is 4.50. The van der Waals surface area contributed by atoms with E-state index in [-0.39, 0.29) is 30.3 Å². The van der Waals surface area contributed by atoms with Crippen LogP contribution >= 0.6 is 0 Å². The van der Waals surface area contributed by atoms with Gasteiger partial charge in [0.2, 0.25) is 5.91 Å². The molecule has 0 radical (unpaired) electrons. The van der Waals surface area contributed by atoms with Crippen molar-refractivity contribution in [2.75, 3.05) is 13.1 Å². The fourth-order valence-electron chi connectivity index (χ4n) is 2.97. The summed E-state index contributed by atoms with van der Waals surface area (Å²) in [6, 6.07) is 7.06. The number of phenols is 1. The van der Waals surface area contributed by atoms with Crippen LogP contribution in [-0.2, 0) is 16.0 Å². The number of nitrogens with zero attached hydrogens (tertiary/aromatic N) is 1. The topological polar surface area (TPSA) is 49.8 Å². The molecule has 0 aromatic heterocycles. The molecule has 4 nitrogen and oxygen atoms in total. The van der Waals surface area contributed by atoms with Gasteiger partial charge in [-0.2, -0.15) is 0 Å². The highest BCUT2D eigenvalue weighted by molar-refractivity contribution is 5.79. The zero-order valence-electron chi connectivity index (χ0n) is 14.5. The van der Waals surface area contributed by atoms with Crippen molar-refractivity contribution < 1.29 is 14.6 Å². The molecule has 0 spiro atoms. The molecule has 2 rings (SSSR count). The summed E-state index contributed by atoms with van der Waals surface area (Å²) in [5, 5.41) is 9.87. The minimum absolute atomic E-state index is 0.0712. The lowest BCUT2D eigenvalue weighted by Gasteiger charge is -2.40. The van der Waals surface area contributed by atoms with Gasteiger partial charge >= 0.3 is 0 Å². The van der Waals surface area contributed by atoms with E-state index in [0.717, 1.165) is 19.3 Å². The van der Waals surface area contributed by atoms with E-state index >= 15 is 0 Å². The van der Waals surface area contributed by atoms with Gasteiger partial charge < -0.3 is 14.7 Å². The Labute approximate surface area is 139 Å². The zero-order chi connectivity index (χ0) is 16.8. The van der Waals surface area contributed by atoms with Gasteiger partial charge in [0.05, 0.1) is 18.6 Å². The Bertz CT molecular complexity index is 515. The number of benzene rings is 1. The largest absolute Gasteiger partial charge is 0.508 e. The number of para-hydroxylation sites is 1. The highest BCUT2D eigenvalue weighted by atomic mass is 16.5. The molecule has 0 aliphatic carbocycles. The van der Waals surface area contributed by atoms with Crippen LogP contribution in [0.3, 0.4) is 0 Å². The summed E-state index contributed by atoms with van der Waals surface area (Å²) in [6.07, 6.45) is 3.73. The SMILES string of the molecule is CCCC[C@@H]1CN(C(=O)Cc2ccccc2O)C[C@H](C(C)C)O1. The van der Waals surface area contributed by atoms with Crippen molar-refractivity contribution in [3.8, 4) is 5.75 Å². The van der Waals surface area contributed by atoms with E-state index in [9.17, 15) is 9.90 Å². The lowest BCUT2D eigenvalue weighted by Crippen LogP contribution is -2.52. The van der Waals surface area contributed by atoms with Crippen molar-refractivity contribution in [3.63, 3.8) is 0 Å². The number of ether oxygens (including phenoxy) is 1. The third-order valence-corrected chi connectivity index (χ3v) is 4.50. The second-order valence-electron chi connectivity index (χ2n) is 6.79. The Balaban J connectivity index is 2.03. The maximum Gasteiger partial charge on any atom is 0.227 e. The minimum Gasteiger partial charge on any atom is -0.508 e. The summed E-state index contributed by atoms with van der Waals surface area (Å²) >= 11 is 0. The predicted octanol–water partition coefficient (Wildman–Crippen LogP) is 3.38. The first-order valence-corrected chi connectivity index (χ1v) is 8.71. The first-order valence-electron chi connectivity index (χ1n) is 8.71. The molecule has 2 atom stereocenters. The number of carbonyl (C=O) groups excluding carboxylic acids is 1. The molecule has 0 unspecified atom stereocenters. The molecular weight excluding hydrogens is 290 g/mol. The van der Waals surface area contributed by atoms with Crippen LogP contribution in [0, 0.1) is 5.92 Å². The van der Waals surface area contributed by atoms with Crippen molar-refractivity contribution in [3.05, 3.63) is 29.8 Å². The summed E-state index contributed by atoms with van der Waals surface area (Å²) < 4.78 is 6.16. The molecule has 1 N–H and O–H groups in total. The van der Waals surface area contributed by atoms with E-state index in [1.807, 2.05) is 17.0 Å². The molecule has 23 heavy (non-hydrogen) atoms. The second kappa shape index (κ2) is 8.34. The van der Waals surface area contributed by atoms with Crippen LogP contribution in [-0.4, -0.2) is 41.2 Å². The number of hydrogen-bond donors (Lipinski definition) is 1. The summed E-state index contributed by atoms with van der Waals surface area (Å²) in [4.78, 5) is 14.6. The van der Waals surface area contributed by atoms with E-state index in [1.165, 1.54) is 0 Å². The fourth-order valence-corrected chi connectivity index (χ4v) is 2.97. The van der Waals surface area contributed by atoms with Crippen LogP contribution in [0.15, 0.2) is 24.3 Å². The van der Waals surface area contributed by atoms with Crippen LogP contribution in [0.25, 0.3) is 0 Å². The summed E-state index contributed by atoms with van der Waals surface area (Å²) in [6.45, 7) is 7.75. The molecule has 1 amide bonds. The van der Waals surface area contributed by atoms with E-state index < -0.39 is 0 Å². The van der Waals surface area contributed by atoms with E-state index in [0.29, 0.717) is 24.6 Å². The molecule has 1 aromatic carbocycles. The van der Waals surface area contributed by atoms with Gasteiger partial charge in [0.1, 0.15) is 5.75 Å². The standard InChI is InChI=1S/C19H29NO3/c1-4-5-9-16-12-20(13-18(23-16)14(2)3)19(22)11-15-8-6-7-10-17(15)21/h6-8,10,14,16,18,21H,4-5,9,11-13H2,1-3H3/t16-,18-/m1/s1. The smallest absolute Gasteiger partial charge is 0.227 e. The zero-order valence-corrected chi connectivity index (χ0v) is 14.5. The summed E-state index contributed by atoms with van der Waals surface area (Å²) in [5.41, 5.74) is 0.690. The van der Waals surface area contributed by atoms with E-state index in [2.05, 4.69) is 20.8 Å². The first kappa shape index (κ1) is 17.8. The number of rotatable bonds is 6. The van der Waals surface area contributed by atoms with Crippen molar-refractivity contribution in [1.29, 1.82) is 0 Å². The van der Waals surface area contributed by atoms with Gasteiger partial charge in [-0.3, -0.25) is 4.79 Å². The van der Waals surface area contributed by atoms with E-state index in [4.69, 9.17) is 4.74 Å². The first-order chi connectivity index (χ1) is 11.0. The molecule has 0 bridgehead atoms. The molecule has 1 aromatic rings. The van der Waals surface area contributed by atoms with Gasteiger partial charge in [-0.1, -0.05) is 51.8 Å². The Kier molecular flexibility index (Phi) is 6.46. The average Bonchev–Trinajstić information content (AvgIpc) is 2.54. The molecule has 4 heteroatoms. The van der Waals surface area contributed by atoms with Crippen LogP contribution in [0.5, 0.6) is 5.75 Å². The minimum atomic E-state index is 0.0712. The van der Waals surface area contributed by atoms with Gasteiger partial charge in [-0.25, -0.2) is 0 Å². The normalized spacial score (nSPS) is 21.7. The average molecular weight is 319 g/mol. The van der Waals surface area contributed by atoms with Gasteiger partial charge in [-0.05, 0) is 18.4 Å². The Hall–Kier alpha value is -1.55. The second-order valence-corrected chi connectivity index (χ2v) is 6.79. The summed E-state index contributed by atoms with van der Waals surface area (Å²) in [5.74, 6) is 0.652. The van der Waals surface area contributed by atoms with Crippen molar-refractivity contribution in [2.45, 2.75) is 58.7 Å². The van der Waals surface area contributed by atoms with Crippen LogP contribution in [0.1, 0.15) is 45.6 Å². The number of morpholine rings is 1. The highest BCUT2D eigenvalue weighted by Gasteiger charge is 2.31. The number of phenolic OH excluding ortho intramolecular Hbond substituents is 1. The van der Waals surface area contributed by atoms with Crippen LogP contribution in [0.4, 0.5) is 0 Å². The van der Waals surface area contributed by atoms with Crippen LogP contribution < -0.4 is 0 Å². The molecular formula is C19H29NO3. The molecule has 1 saturated heterocycles. The lowest BCUT2D eigenvalue weighted by molar-refractivity contribution is -0.149. The van der Waals surface area contributed by atoms with Crippen LogP contribution in [0.2, 0.25) is 0 Å². The van der Waals surface area contributed by atoms with Gasteiger partial charge in [0.15, 0.2) is 0 Å². The number of carbonyl (C=O) groups is 1. The van der Waals surface area contributed by atoms with Gasteiger partial charge in [0, 0.05) is 18.7 Å². The van der Waals surface area contributed by atoms with Gasteiger partial charge in [0.25, 0.3) is 0 Å². The van der Waals surface area contributed by atoms with Crippen molar-refractivity contribution >= 4 is 5.91 Å². The predicted molar refractivity (Wildman–Crippen MR) is 91.4 cm³/mol. The Morgan fingerprint density at radius 1 is 1.35 bits per heavy atom. The molecule has 1 aliphatic heterocycles. The Morgan fingerprint density at radius 3 is 2.74 bits per heavy atom. The number of aromatic hydroxyl groups is 1. The number of unbranched alkanes of at least 4 members (excludes halogenated alkanes) is 1. The van der Waals surface area contributed by atoms with Crippen molar-refractivity contribution in [1.82, 2.24) is 4.90 Å². The summed E-state index contributed by atoms with van der Waals surface area (Å²) in [7, 11) is 0. The third kappa shape index (κ3) is 4.96. The number of hydrogen-bond acceptors (Lipinski definition) is 3. The molecule has 0 saturated carbocycles. The molecule has 128 valence electrons. The lowest BCUT2D eigenvalue weighted by atomic mass is 10.0. The van der Waals surface area contributed by atoms with E-state index in [1.54, 1.807) is 12.1 Å². The molecule has 1 fully saturated rings. The quantitative estimate of drug-likeness (QED) is 0.874. The molecule has 1 aliphatic rings. The molecule has 1 heterocycles.